The lowest BCUT2D eigenvalue weighted by molar-refractivity contribution is -0.298. The van der Waals surface area contributed by atoms with Crippen molar-refractivity contribution in [3.05, 3.63) is 0 Å². The number of hydrogen-bond acceptors (Lipinski definition) is 6. The number of aliphatic hydroxyl groups excluding tert-OH is 1. The van der Waals surface area contributed by atoms with Crippen LogP contribution in [0.15, 0.2) is 0 Å². The first-order valence-corrected chi connectivity index (χ1v) is 8.25. The summed E-state index contributed by atoms with van der Waals surface area (Å²) in [5.41, 5.74) is 0. The van der Waals surface area contributed by atoms with E-state index in [1.807, 2.05) is 6.92 Å². The highest BCUT2D eigenvalue weighted by atomic mass is 16.7. The van der Waals surface area contributed by atoms with Crippen LogP contribution in [0.3, 0.4) is 0 Å². The standard InChI is InChI=1S/C16H30O6/c1-5-7-9-19-14-11(3)21-16(22-12(4)17)13(18)15(14)20-10-8-6-2/h11,13-16,18H,5-10H2,1-4H3/t11?,13-,14-,15?,16+/m0/s1. The van der Waals surface area contributed by atoms with E-state index in [4.69, 9.17) is 18.9 Å². The number of unbranched alkanes of at least 4 members (excludes halogenated alkanes) is 2. The fourth-order valence-electron chi connectivity index (χ4n) is 2.40. The van der Waals surface area contributed by atoms with E-state index in [-0.39, 0.29) is 12.2 Å². The first-order valence-electron chi connectivity index (χ1n) is 8.25. The molecule has 0 bridgehead atoms. The summed E-state index contributed by atoms with van der Waals surface area (Å²) in [6.45, 7) is 8.42. The summed E-state index contributed by atoms with van der Waals surface area (Å²) in [4.78, 5) is 11.1. The molecule has 0 amide bonds. The second-order valence-corrected chi connectivity index (χ2v) is 5.69. The first kappa shape index (κ1) is 19.4. The maximum Gasteiger partial charge on any atom is 0.305 e. The van der Waals surface area contributed by atoms with Gasteiger partial charge in [0.25, 0.3) is 0 Å². The lowest BCUT2D eigenvalue weighted by atomic mass is 9.99. The van der Waals surface area contributed by atoms with E-state index >= 15 is 0 Å². The monoisotopic (exact) mass is 318 g/mol. The van der Waals surface area contributed by atoms with Gasteiger partial charge in [-0.3, -0.25) is 4.79 Å². The normalized spacial score (nSPS) is 32.0. The van der Waals surface area contributed by atoms with E-state index in [1.54, 1.807) is 0 Å². The summed E-state index contributed by atoms with van der Waals surface area (Å²) < 4.78 is 22.3. The molecular formula is C16H30O6. The molecule has 5 atom stereocenters. The molecule has 22 heavy (non-hydrogen) atoms. The predicted octanol–water partition coefficient (Wildman–Crippen LogP) is 2.03. The fraction of sp³-hybridized carbons (Fsp3) is 0.938. The highest BCUT2D eigenvalue weighted by molar-refractivity contribution is 5.66. The second kappa shape index (κ2) is 10.2. The minimum atomic E-state index is -1.05. The van der Waals surface area contributed by atoms with Gasteiger partial charge in [-0.25, -0.2) is 0 Å². The van der Waals surface area contributed by atoms with Gasteiger partial charge in [0.05, 0.1) is 6.10 Å². The Labute approximate surface area is 133 Å². The van der Waals surface area contributed by atoms with Crippen LogP contribution in [0.5, 0.6) is 0 Å². The van der Waals surface area contributed by atoms with Gasteiger partial charge in [0.1, 0.15) is 18.3 Å². The van der Waals surface area contributed by atoms with Crippen LogP contribution in [0.4, 0.5) is 0 Å². The molecule has 1 aliphatic heterocycles. The van der Waals surface area contributed by atoms with Crippen LogP contribution in [0.2, 0.25) is 0 Å². The summed E-state index contributed by atoms with van der Waals surface area (Å²) in [5.74, 6) is -0.492. The van der Waals surface area contributed by atoms with Crippen LogP contribution in [0.25, 0.3) is 0 Å². The van der Waals surface area contributed by atoms with E-state index in [2.05, 4.69) is 13.8 Å². The Balaban J connectivity index is 2.72. The SMILES string of the molecule is CCCCOC1[C@@H](OCCCC)C(C)O[C@H](OC(C)=O)[C@H]1O. The second-order valence-electron chi connectivity index (χ2n) is 5.69. The molecule has 1 aliphatic rings. The van der Waals surface area contributed by atoms with Crippen LogP contribution >= 0.6 is 0 Å². The lowest BCUT2D eigenvalue weighted by Crippen LogP contribution is -2.59. The Morgan fingerprint density at radius 1 is 1.09 bits per heavy atom. The van der Waals surface area contributed by atoms with Crippen LogP contribution in [0.1, 0.15) is 53.4 Å². The third kappa shape index (κ3) is 5.83. The van der Waals surface area contributed by atoms with Gasteiger partial charge in [-0.2, -0.15) is 0 Å². The molecule has 6 nitrogen and oxygen atoms in total. The van der Waals surface area contributed by atoms with Gasteiger partial charge in [0, 0.05) is 20.1 Å². The van der Waals surface area contributed by atoms with Crippen LogP contribution in [0, 0.1) is 0 Å². The predicted molar refractivity (Wildman–Crippen MR) is 81.4 cm³/mol. The smallest absolute Gasteiger partial charge is 0.305 e. The van der Waals surface area contributed by atoms with Gasteiger partial charge in [-0.15, -0.1) is 0 Å². The third-order valence-electron chi connectivity index (χ3n) is 3.65. The highest BCUT2D eigenvalue weighted by Crippen LogP contribution is 2.27. The van der Waals surface area contributed by atoms with Crippen molar-refractivity contribution in [3.8, 4) is 0 Å². The molecule has 1 heterocycles. The van der Waals surface area contributed by atoms with Crippen molar-refractivity contribution in [2.24, 2.45) is 0 Å². The van der Waals surface area contributed by atoms with Gasteiger partial charge in [0.15, 0.2) is 0 Å². The van der Waals surface area contributed by atoms with E-state index in [1.165, 1.54) is 6.92 Å². The molecule has 1 N–H and O–H groups in total. The van der Waals surface area contributed by atoms with Crippen molar-refractivity contribution >= 4 is 5.97 Å². The number of ether oxygens (including phenoxy) is 4. The van der Waals surface area contributed by atoms with Gasteiger partial charge in [-0.1, -0.05) is 26.7 Å². The molecule has 0 aromatic heterocycles. The van der Waals surface area contributed by atoms with E-state index in [0.29, 0.717) is 13.2 Å². The molecule has 0 aromatic rings. The van der Waals surface area contributed by atoms with Gasteiger partial charge < -0.3 is 24.1 Å². The topological polar surface area (TPSA) is 74.2 Å². The van der Waals surface area contributed by atoms with Crippen molar-refractivity contribution in [2.75, 3.05) is 13.2 Å². The maximum atomic E-state index is 11.1. The van der Waals surface area contributed by atoms with Gasteiger partial charge >= 0.3 is 5.97 Å². The number of esters is 1. The average Bonchev–Trinajstić information content (AvgIpc) is 2.46. The average molecular weight is 318 g/mol. The van der Waals surface area contributed by atoms with Crippen molar-refractivity contribution in [3.63, 3.8) is 0 Å². The molecule has 130 valence electrons. The Morgan fingerprint density at radius 3 is 2.14 bits per heavy atom. The summed E-state index contributed by atoms with van der Waals surface area (Å²) >= 11 is 0. The number of carbonyl (C=O) groups excluding carboxylic acids is 1. The Morgan fingerprint density at radius 2 is 1.64 bits per heavy atom. The molecule has 0 radical (unpaired) electrons. The lowest BCUT2D eigenvalue weighted by Gasteiger charge is -2.42. The number of hydrogen-bond donors (Lipinski definition) is 1. The van der Waals surface area contributed by atoms with Gasteiger partial charge in [-0.05, 0) is 19.8 Å². The molecule has 0 saturated carbocycles. The van der Waals surface area contributed by atoms with E-state index in [9.17, 15) is 9.90 Å². The zero-order chi connectivity index (χ0) is 16.5. The summed E-state index contributed by atoms with van der Waals surface area (Å²) in [6, 6.07) is 0. The maximum absolute atomic E-state index is 11.1. The molecule has 1 rings (SSSR count). The van der Waals surface area contributed by atoms with Crippen LogP contribution in [-0.4, -0.2) is 55.0 Å². The summed E-state index contributed by atoms with van der Waals surface area (Å²) in [6.07, 6.45) is 0.560. The van der Waals surface area contributed by atoms with E-state index in [0.717, 1.165) is 25.7 Å². The molecular weight excluding hydrogens is 288 g/mol. The minimum absolute atomic E-state index is 0.323. The minimum Gasteiger partial charge on any atom is -0.433 e. The first-order chi connectivity index (χ1) is 10.5. The van der Waals surface area contributed by atoms with Crippen molar-refractivity contribution in [1.82, 2.24) is 0 Å². The van der Waals surface area contributed by atoms with Crippen molar-refractivity contribution in [1.29, 1.82) is 0 Å². The largest absolute Gasteiger partial charge is 0.433 e. The molecule has 2 unspecified atom stereocenters. The fourth-order valence-corrected chi connectivity index (χ4v) is 2.40. The quantitative estimate of drug-likeness (QED) is 0.518. The van der Waals surface area contributed by atoms with E-state index < -0.39 is 24.5 Å². The Hall–Kier alpha value is -0.690. The number of rotatable bonds is 9. The molecule has 1 saturated heterocycles. The van der Waals surface area contributed by atoms with Crippen LogP contribution < -0.4 is 0 Å². The Kier molecular flexibility index (Phi) is 8.93. The highest BCUT2D eigenvalue weighted by Gasteiger charge is 2.46. The Bertz CT molecular complexity index is 322. The van der Waals surface area contributed by atoms with Crippen molar-refractivity contribution in [2.45, 2.75) is 84.1 Å². The molecule has 0 aliphatic carbocycles. The molecule has 0 spiro atoms. The molecule has 1 fully saturated rings. The summed E-state index contributed by atoms with van der Waals surface area (Å²) in [7, 11) is 0. The van der Waals surface area contributed by atoms with Gasteiger partial charge in [0.2, 0.25) is 6.29 Å². The van der Waals surface area contributed by atoms with Crippen LogP contribution in [-0.2, 0) is 23.7 Å². The zero-order valence-electron chi connectivity index (χ0n) is 14.1. The number of carbonyl (C=O) groups is 1. The zero-order valence-corrected chi connectivity index (χ0v) is 14.1. The summed E-state index contributed by atoms with van der Waals surface area (Å²) in [5, 5.41) is 10.4. The number of aliphatic hydroxyl groups is 1. The molecule has 0 aromatic carbocycles. The third-order valence-corrected chi connectivity index (χ3v) is 3.65. The van der Waals surface area contributed by atoms with Crippen molar-refractivity contribution < 1.29 is 28.8 Å². The molecule has 6 heteroatoms.